The number of sulfonamides is 1. The number of carbonyl (C=O) groups excluding carboxylic acids is 1. The molecule has 21 heavy (non-hydrogen) atoms. The second kappa shape index (κ2) is 6.43. The van der Waals surface area contributed by atoms with Gasteiger partial charge in [-0.25, -0.2) is 13.1 Å². The summed E-state index contributed by atoms with van der Waals surface area (Å²) in [4.78, 5) is 23.8. The Hall–Kier alpha value is -2.31. The van der Waals surface area contributed by atoms with Gasteiger partial charge in [0.05, 0.1) is 6.54 Å². The van der Waals surface area contributed by atoms with Gasteiger partial charge in [-0.15, -0.1) is 6.42 Å². The first-order chi connectivity index (χ1) is 9.72. The lowest BCUT2D eigenvalue weighted by Gasteiger charge is -2.17. The van der Waals surface area contributed by atoms with Gasteiger partial charge < -0.3 is 14.6 Å². The van der Waals surface area contributed by atoms with Crippen LogP contribution in [0.25, 0.3) is 0 Å². The Labute approximate surface area is 122 Å². The predicted octanol–water partition coefficient (Wildman–Crippen LogP) is -0.907. The number of nitrogens with one attached hydrogen (secondary N) is 1. The largest absolute Gasteiger partial charge is 0.480 e. The van der Waals surface area contributed by atoms with Crippen molar-refractivity contribution in [2.75, 3.05) is 20.1 Å². The summed E-state index contributed by atoms with van der Waals surface area (Å²) in [5.74, 6) is 0.324. The monoisotopic (exact) mass is 313 g/mol. The number of rotatable bonds is 6. The van der Waals surface area contributed by atoms with E-state index in [9.17, 15) is 18.0 Å². The smallest absolute Gasteiger partial charge is 0.323 e. The highest BCUT2D eigenvalue weighted by atomic mass is 32.2. The van der Waals surface area contributed by atoms with Crippen LogP contribution in [0.3, 0.4) is 0 Å². The van der Waals surface area contributed by atoms with E-state index >= 15 is 0 Å². The first kappa shape index (κ1) is 16.7. The lowest BCUT2D eigenvalue weighted by atomic mass is 10.3. The topological polar surface area (TPSA) is 109 Å². The number of aryl methyl sites for hydroxylation is 1. The molecule has 0 fully saturated rings. The van der Waals surface area contributed by atoms with E-state index in [1.54, 1.807) is 0 Å². The highest BCUT2D eigenvalue weighted by Crippen LogP contribution is 2.15. The fourth-order valence-electron chi connectivity index (χ4n) is 1.65. The van der Waals surface area contributed by atoms with Gasteiger partial charge in [0.25, 0.3) is 5.91 Å². The van der Waals surface area contributed by atoms with Crippen molar-refractivity contribution in [3.05, 3.63) is 18.0 Å². The summed E-state index contributed by atoms with van der Waals surface area (Å²) in [6.07, 6.45) is 6.36. The van der Waals surface area contributed by atoms with Crippen molar-refractivity contribution < 1.29 is 23.1 Å². The number of nitrogens with zero attached hydrogens (tertiary/aromatic N) is 2. The fraction of sp³-hybridized carbons (Fsp3) is 0.333. The van der Waals surface area contributed by atoms with Gasteiger partial charge in [0, 0.05) is 13.2 Å². The molecule has 0 bridgehead atoms. The summed E-state index contributed by atoms with van der Waals surface area (Å²) >= 11 is 0. The van der Waals surface area contributed by atoms with Crippen LogP contribution < -0.4 is 4.72 Å². The molecule has 1 heterocycles. The SMILES string of the molecule is C#CCN(CC(=O)O)C(=O)c1cc(S(=O)(=O)NC)cn1C. The van der Waals surface area contributed by atoms with E-state index in [1.807, 2.05) is 0 Å². The maximum atomic E-state index is 12.3. The van der Waals surface area contributed by atoms with Crippen LogP contribution in [0.1, 0.15) is 10.5 Å². The van der Waals surface area contributed by atoms with E-state index < -0.39 is 28.4 Å². The highest BCUT2D eigenvalue weighted by Gasteiger charge is 2.23. The van der Waals surface area contributed by atoms with Crippen molar-refractivity contribution in [3.63, 3.8) is 0 Å². The third-order valence-electron chi connectivity index (χ3n) is 2.67. The minimum absolute atomic E-state index is 0.0281. The molecule has 1 aromatic heterocycles. The van der Waals surface area contributed by atoms with E-state index in [0.29, 0.717) is 0 Å². The molecule has 1 amide bonds. The molecule has 2 N–H and O–H groups in total. The van der Waals surface area contributed by atoms with E-state index in [4.69, 9.17) is 11.5 Å². The Morgan fingerprint density at radius 3 is 2.62 bits per heavy atom. The van der Waals surface area contributed by atoms with Gasteiger partial charge >= 0.3 is 5.97 Å². The molecule has 0 aromatic carbocycles. The molecule has 0 aliphatic rings. The molecule has 1 rings (SSSR count). The van der Waals surface area contributed by atoms with Gasteiger partial charge in [0.1, 0.15) is 17.1 Å². The Balaban J connectivity index is 3.18. The summed E-state index contributed by atoms with van der Waals surface area (Å²) in [5.41, 5.74) is 0.0281. The minimum Gasteiger partial charge on any atom is -0.480 e. The standard InChI is InChI=1S/C12H15N3O5S/c1-4-5-15(8-11(16)17)12(18)10-6-9(7-14(10)3)21(19,20)13-2/h1,6-7,13H,5,8H2,2-3H3,(H,16,17). The van der Waals surface area contributed by atoms with Crippen LogP contribution in [0.15, 0.2) is 17.2 Å². The Morgan fingerprint density at radius 1 is 1.52 bits per heavy atom. The molecular formula is C12H15N3O5S. The molecule has 114 valence electrons. The van der Waals surface area contributed by atoms with Crippen LogP contribution in [0.5, 0.6) is 0 Å². The molecule has 9 heteroatoms. The predicted molar refractivity (Wildman–Crippen MR) is 74.0 cm³/mol. The molecule has 0 aliphatic heterocycles. The lowest BCUT2D eigenvalue weighted by molar-refractivity contribution is -0.137. The van der Waals surface area contributed by atoms with E-state index in [0.717, 1.165) is 4.90 Å². The van der Waals surface area contributed by atoms with Crippen molar-refractivity contribution in [1.29, 1.82) is 0 Å². The van der Waals surface area contributed by atoms with Gasteiger partial charge in [0.2, 0.25) is 10.0 Å². The number of carbonyl (C=O) groups is 2. The summed E-state index contributed by atoms with van der Waals surface area (Å²) in [5, 5.41) is 8.77. The van der Waals surface area contributed by atoms with Crippen LogP contribution in [0.2, 0.25) is 0 Å². The highest BCUT2D eigenvalue weighted by molar-refractivity contribution is 7.89. The molecule has 0 radical (unpaired) electrons. The molecule has 0 atom stereocenters. The molecule has 0 aliphatic carbocycles. The number of aromatic nitrogens is 1. The lowest BCUT2D eigenvalue weighted by Crippen LogP contribution is -2.36. The van der Waals surface area contributed by atoms with Crippen molar-refractivity contribution >= 4 is 21.9 Å². The molecular weight excluding hydrogens is 298 g/mol. The number of terminal acetylenes is 1. The van der Waals surface area contributed by atoms with Gasteiger partial charge in [-0.1, -0.05) is 5.92 Å². The quantitative estimate of drug-likeness (QED) is 0.661. The number of aliphatic carboxylic acids is 1. The van der Waals surface area contributed by atoms with Crippen LogP contribution in [-0.2, 0) is 21.9 Å². The molecule has 8 nitrogen and oxygen atoms in total. The Kier molecular flexibility index (Phi) is 5.12. The fourth-order valence-corrected chi connectivity index (χ4v) is 2.45. The van der Waals surface area contributed by atoms with E-state index in [2.05, 4.69) is 10.6 Å². The van der Waals surface area contributed by atoms with Crippen molar-refractivity contribution in [3.8, 4) is 12.3 Å². The zero-order valence-electron chi connectivity index (χ0n) is 11.5. The summed E-state index contributed by atoms with van der Waals surface area (Å²) in [6.45, 7) is -0.757. The molecule has 0 saturated carbocycles. The first-order valence-electron chi connectivity index (χ1n) is 5.77. The number of carboxylic acids is 1. The van der Waals surface area contributed by atoms with Crippen molar-refractivity contribution in [2.45, 2.75) is 4.90 Å². The van der Waals surface area contributed by atoms with Crippen molar-refractivity contribution in [1.82, 2.24) is 14.2 Å². The maximum Gasteiger partial charge on any atom is 0.323 e. The van der Waals surface area contributed by atoms with Crippen LogP contribution in [0, 0.1) is 12.3 Å². The maximum absolute atomic E-state index is 12.3. The number of hydrogen-bond donors (Lipinski definition) is 2. The number of hydrogen-bond acceptors (Lipinski definition) is 4. The molecule has 0 unspecified atom stereocenters. The Morgan fingerprint density at radius 2 is 2.14 bits per heavy atom. The summed E-state index contributed by atoms with van der Waals surface area (Å²) in [7, 11) is -0.961. The molecule has 1 aromatic rings. The third-order valence-corrected chi connectivity index (χ3v) is 4.05. The van der Waals surface area contributed by atoms with Crippen LogP contribution in [0.4, 0.5) is 0 Å². The van der Waals surface area contributed by atoms with Gasteiger partial charge in [0.15, 0.2) is 0 Å². The van der Waals surface area contributed by atoms with Gasteiger partial charge in [-0.05, 0) is 13.1 Å². The normalized spacial score (nSPS) is 10.9. The summed E-state index contributed by atoms with van der Waals surface area (Å²) < 4.78 is 26.8. The number of carboxylic acid groups (broad SMARTS) is 1. The number of amides is 1. The summed E-state index contributed by atoms with van der Waals surface area (Å²) in [6, 6.07) is 1.17. The Bertz CT molecular complexity index is 699. The van der Waals surface area contributed by atoms with Gasteiger partial charge in [-0.3, -0.25) is 9.59 Å². The average Bonchev–Trinajstić information content (AvgIpc) is 2.80. The first-order valence-corrected chi connectivity index (χ1v) is 7.25. The zero-order chi connectivity index (χ0) is 16.2. The third kappa shape index (κ3) is 3.84. The molecule has 0 saturated heterocycles. The second-order valence-corrected chi connectivity index (χ2v) is 6.03. The van der Waals surface area contributed by atoms with Crippen LogP contribution in [-0.4, -0.2) is 55.0 Å². The van der Waals surface area contributed by atoms with Crippen molar-refractivity contribution in [2.24, 2.45) is 7.05 Å². The molecule has 0 spiro atoms. The zero-order valence-corrected chi connectivity index (χ0v) is 12.3. The average molecular weight is 313 g/mol. The van der Waals surface area contributed by atoms with Crippen LogP contribution >= 0.6 is 0 Å². The van der Waals surface area contributed by atoms with E-state index in [1.165, 1.54) is 30.9 Å². The second-order valence-electron chi connectivity index (χ2n) is 4.14. The van der Waals surface area contributed by atoms with E-state index in [-0.39, 0.29) is 17.1 Å². The van der Waals surface area contributed by atoms with Gasteiger partial charge in [-0.2, -0.15) is 0 Å². The minimum atomic E-state index is -3.69.